The van der Waals surface area contributed by atoms with Crippen LogP contribution in [0, 0.1) is 11.7 Å². The summed E-state index contributed by atoms with van der Waals surface area (Å²) >= 11 is 0. The highest BCUT2D eigenvalue weighted by Gasteiger charge is 2.28. The Morgan fingerprint density at radius 2 is 1.81 bits per heavy atom. The number of hydrogen-bond acceptors (Lipinski definition) is 2. The van der Waals surface area contributed by atoms with Crippen molar-refractivity contribution in [2.45, 2.75) is 64.9 Å². The predicted molar refractivity (Wildman–Crippen MR) is 123 cm³/mol. The highest BCUT2D eigenvalue weighted by Crippen LogP contribution is 2.37. The summed E-state index contributed by atoms with van der Waals surface area (Å²) in [6.45, 7) is 5.45. The van der Waals surface area contributed by atoms with Gasteiger partial charge in [-0.25, -0.2) is 13.2 Å². The first kappa shape index (κ1) is 24.4. The molecular formula is C27H33F3O2. The summed E-state index contributed by atoms with van der Waals surface area (Å²) in [6.07, 6.45) is 5.70. The minimum Gasteiger partial charge on any atom is -0.494 e. The topological polar surface area (TPSA) is 18.5 Å². The van der Waals surface area contributed by atoms with Gasteiger partial charge in [0.05, 0.1) is 24.9 Å². The molecule has 0 amide bonds. The molecule has 2 aromatic rings. The van der Waals surface area contributed by atoms with Crippen LogP contribution in [0.3, 0.4) is 0 Å². The van der Waals surface area contributed by atoms with E-state index in [1.165, 1.54) is 0 Å². The van der Waals surface area contributed by atoms with Gasteiger partial charge in [0.15, 0.2) is 0 Å². The van der Waals surface area contributed by atoms with Crippen LogP contribution in [0.4, 0.5) is 13.2 Å². The number of unbranched alkanes of at least 4 members (excludes halogenated alkanes) is 1. The molecule has 0 bridgehead atoms. The van der Waals surface area contributed by atoms with E-state index in [9.17, 15) is 8.78 Å². The highest BCUT2D eigenvalue weighted by molar-refractivity contribution is 5.72. The van der Waals surface area contributed by atoms with Crippen molar-refractivity contribution in [2.24, 2.45) is 5.92 Å². The lowest BCUT2D eigenvalue weighted by molar-refractivity contribution is -0.0214. The van der Waals surface area contributed by atoms with Gasteiger partial charge in [0.1, 0.15) is 11.6 Å². The van der Waals surface area contributed by atoms with Crippen molar-refractivity contribution in [1.29, 1.82) is 0 Å². The van der Waals surface area contributed by atoms with E-state index in [4.69, 9.17) is 9.47 Å². The van der Waals surface area contributed by atoms with E-state index in [0.29, 0.717) is 25.6 Å². The Morgan fingerprint density at radius 3 is 2.44 bits per heavy atom. The Morgan fingerprint density at radius 1 is 1.03 bits per heavy atom. The second-order valence-corrected chi connectivity index (χ2v) is 8.43. The molecule has 0 radical (unpaired) electrons. The third-order valence-electron chi connectivity index (χ3n) is 5.98. The molecule has 1 saturated heterocycles. The molecule has 0 N–H and O–H groups in total. The smallest absolute Gasteiger partial charge is 0.267 e. The lowest BCUT2D eigenvalue weighted by atomic mass is 9.90. The number of hydrogen-bond donors (Lipinski definition) is 0. The van der Waals surface area contributed by atoms with Crippen LogP contribution in [0.25, 0.3) is 12.2 Å². The first-order valence-electron chi connectivity index (χ1n) is 11.7. The van der Waals surface area contributed by atoms with E-state index in [2.05, 4.69) is 13.8 Å². The van der Waals surface area contributed by atoms with Gasteiger partial charge in [-0.05, 0) is 54.9 Å². The minimum absolute atomic E-state index is 0.184. The third-order valence-corrected chi connectivity index (χ3v) is 5.98. The Hall–Kier alpha value is -2.27. The molecular weight excluding hydrogens is 413 g/mol. The summed E-state index contributed by atoms with van der Waals surface area (Å²) in [7, 11) is 0. The van der Waals surface area contributed by atoms with E-state index < -0.39 is 23.9 Å². The molecule has 1 aliphatic rings. The van der Waals surface area contributed by atoms with Crippen LogP contribution < -0.4 is 4.74 Å². The Labute approximate surface area is 189 Å². The number of halogens is 3. The zero-order valence-corrected chi connectivity index (χ0v) is 19.0. The minimum atomic E-state index is -2.90. The van der Waals surface area contributed by atoms with Gasteiger partial charge in [-0.2, -0.15) is 0 Å². The third kappa shape index (κ3) is 6.38. The maximum Gasteiger partial charge on any atom is 0.267 e. The van der Waals surface area contributed by atoms with Crippen molar-refractivity contribution >= 4 is 12.2 Å². The van der Waals surface area contributed by atoms with Crippen molar-refractivity contribution in [3.05, 3.63) is 64.5 Å². The molecule has 0 aliphatic carbocycles. The van der Waals surface area contributed by atoms with Crippen LogP contribution in [0.2, 0.25) is 0 Å². The van der Waals surface area contributed by atoms with Crippen molar-refractivity contribution in [2.75, 3.05) is 13.2 Å². The maximum absolute atomic E-state index is 15.1. The van der Waals surface area contributed by atoms with Crippen LogP contribution in [-0.4, -0.2) is 13.2 Å². The molecule has 2 aromatic carbocycles. The molecule has 2 unspecified atom stereocenters. The largest absolute Gasteiger partial charge is 0.494 e. The van der Waals surface area contributed by atoms with Gasteiger partial charge >= 0.3 is 0 Å². The summed E-state index contributed by atoms with van der Waals surface area (Å²) in [6, 6.07) is 10.6. The lowest BCUT2D eigenvalue weighted by Gasteiger charge is -2.30. The molecule has 5 heteroatoms. The zero-order chi connectivity index (χ0) is 22.9. The average Bonchev–Trinajstić information content (AvgIpc) is 2.79. The van der Waals surface area contributed by atoms with Crippen molar-refractivity contribution in [3.8, 4) is 5.75 Å². The summed E-state index contributed by atoms with van der Waals surface area (Å²) < 4.78 is 54.2. The van der Waals surface area contributed by atoms with E-state index in [1.807, 2.05) is 24.3 Å². The molecule has 0 spiro atoms. The summed E-state index contributed by atoms with van der Waals surface area (Å²) in [5, 5.41) is 0. The molecule has 0 saturated carbocycles. The zero-order valence-electron chi connectivity index (χ0n) is 19.0. The maximum atomic E-state index is 15.1. The molecule has 1 heterocycles. The van der Waals surface area contributed by atoms with Crippen LogP contribution in [-0.2, 0) is 4.74 Å². The molecule has 1 aliphatic heterocycles. The molecule has 2 atom stereocenters. The second-order valence-electron chi connectivity index (χ2n) is 8.43. The average molecular weight is 447 g/mol. The summed E-state index contributed by atoms with van der Waals surface area (Å²) in [4.78, 5) is 0. The van der Waals surface area contributed by atoms with Crippen molar-refractivity contribution < 1.29 is 22.6 Å². The number of benzene rings is 2. The fourth-order valence-electron chi connectivity index (χ4n) is 4.12. The number of rotatable bonds is 10. The van der Waals surface area contributed by atoms with E-state index >= 15 is 4.39 Å². The number of alkyl halides is 2. The Kier molecular flexibility index (Phi) is 9.22. The molecule has 174 valence electrons. The quantitative estimate of drug-likeness (QED) is 0.269. The van der Waals surface area contributed by atoms with Gasteiger partial charge in [-0.1, -0.05) is 63.1 Å². The summed E-state index contributed by atoms with van der Waals surface area (Å²) in [5.41, 5.74) is 0.692. The molecule has 2 nitrogen and oxygen atoms in total. The predicted octanol–water partition coefficient (Wildman–Crippen LogP) is 8.38. The van der Waals surface area contributed by atoms with E-state index in [-0.39, 0.29) is 11.1 Å². The van der Waals surface area contributed by atoms with Crippen LogP contribution in [0.1, 0.15) is 87.2 Å². The fraction of sp³-hybridized carbons (Fsp3) is 0.481. The Balaban J connectivity index is 1.74. The van der Waals surface area contributed by atoms with E-state index in [1.54, 1.807) is 24.3 Å². The monoisotopic (exact) mass is 446 g/mol. The van der Waals surface area contributed by atoms with Crippen LogP contribution in [0.5, 0.6) is 5.75 Å². The van der Waals surface area contributed by atoms with Crippen LogP contribution in [0.15, 0.2) is 36.4 Å². The first-order chi connectivity index (χ1) is 15.5. The lowest BCUT2D eigenvalue weighted by Crippen LogP contribution is -2.21. The molecule has 32 heavy (non-hydrogen) atoms. The highest BCUT2D eigenvalue weighted by atomic mass is 19.3. The van der Waals surface area contributed by atoms with Gasteiger partial charge < -0.3 is 9.47 Å². The molecule has 1 fully saturated rings. The molecule has 3 rings (SSSR count). The molecule has 0 aromatic heterocycles. The Bertz CT molecular complexity index is 869. The van der Waals surface area contributed by atoms with Crippen molar-refractivity contribution in [1.82, 2.24) is 0 Å². The van der Waals surface area contributed by atoms with Crippen molar-refractivity contribution in [3.63, 3.8) is 0 Å². The van der Waals surface area contributed by atoms with Gasteiger partial charge in [0.2, 0.25) is 0 Å². The second kappa shape index (κ2) is 12.1. The van der Waals surface area contributed by atoms with Gasteiger partial charge in [0.25, 0.3) is 6.43 Å². The fourth-order valence-corrected chi connectivity index (χ4v) is 4.12. The normalized spacial score (nSPS) is 19.1. The summed E-state index contributed by atoms with van der Waals surface area (Å²) in [5.74, 6) is 0.396. The van der Waals surface area contributed by atoms with Crippen LogP contribution >= 0.6 is 0 Å². The van der Waals surface area contributed by atoms with E-state index in [0.717, 1.165) is 43.4 Å². The standard InChI is InChI=1S/C27H33F3O2/c1-3-5-17-31-22-13-8-19(9-14-22)7-11-21-12-15-23(26(28)25(21)27(29)30)24-16-10-20(6-4-2)18-32-24/h7-9,11-15,20,24,27H,3-6,10,16-18H2,1-2H3/b11-7+. The SMILES string of the molecule is CCCCOc1ccc(/C=C/c2ccc(C3CCC(CCC)CO3)c(F)c2C(F)F)cc1. The number of ether oxygens (including phenoxy) is 2. The van der Waals surface area contributed by atoms with Gasteiger partial charge in [-0.3, -0.25) is 0 Å². The van der Waals surface area contributed by atoms with Gasteiger partial charge in [-0.15, -0.1) is 0 Å². The van der Waals surface area contributed by atoms with Gasteiger partial charge in [0, 0.05) is 5.56 Å². The first-order valence-corrected chi connectivity index (χ1v) is 11.7.